The van der Waals surface area contributed by atoms with Gasteiger partial charge in [0.1, 0.15) is 5.15 Å². The number of carbonyl (C=O) groups excluding carboxylic acids is 1. The van der Waals surface area contributed by atoms with Crippen molar-refractivity contribution in [3.8, 4) is 11.4 Å². The number of benzene rings is 2. The van der Waals surface area contributed by atoms with E-state index in [1.807, 2.05) is 30.3 Å². The molecule has 0 aliphatic carbocycles. The fourth-order valence-electron chi connectivity index (χ4n) is 2.63. The number of para-hydroxylation sites is 1. The average molecular weight is 428 g/mol. The summed E-state index contributed by atoms with van der Waals surface area (Å²) >= 11 is 6.39. The van der Waals surface area contributed by atoms with Crippen LogP contribution in [0.4, 0.5) is 5.69 Å². The quantitative estimate of drug-likeness (QED) is 0.352. The Morgan fingerprint density at radius 3 is 2.73 bits per heavy atom. The van der Waals surface area contributed by atoms with Gasteiger partial charge < -0.3 is 4.74 Å². The van der Waals surface area contributed by atoms with Gasteiger partial charge in [0.2, 0.25) is 0 Å². The van der Waals surface area contributed by atoms with Gasteiger partial charge in [-0.25, -0.2) is 10.1 Å². The highest BCUT2D eigenvalue weighted by molar-refractivity contribution is 6.32. The van der Waals surface area contributed by atoms with Gasteiger partial charge in [-0.1, -0.05) is 35.9 Å². The van der Waals surface area contributed by atoms with E-state index in [1.165, 1.54) is 18.3 Å². The minimum absolute atomic E-state index is 0.00718. The number of nitrogens with zero attached hydrogens (tertiary/aromatic N) is 4. The van der Waals surface area contributed by atoms with Gasteiger partial charge in [0, 0.05) is 6.07 Å². The summed E-state index contributed by atoms with van der Waals surface area (Å²) in [5, 5.41) is 19.7. The van der Waals surface area contributed by atoms with E-state index < -0.39 is 17.4 Å². The smallest absolute Gasteiger partial charge is 0.311 e. The highest BCUT2D eigenvalue weighted by Gasteiger charge is 2.16. The first-order chi connectivity index (χ1) is 14.4. The second-order valence-corrected chi connectivity index (χ2v) is 6.71. The largest absolute Gasteiger partial charge is 0.477 e. The average Bonchev–Trinajstić information content (AvgIpc) is 3.01. The van der Waals surface area contributed by atoms with Gasteiger partial charge in [-0.05, 0) is 37.6 Å². The van der Waals surface area contributed by atoms with Crippen molar-refractivity contribution in [3.05, 3.63) is 80.6 Å². The van der Waals surface area contributed by atoms with E-state index in [2.05, 4.69) is 15.6 Å². The van der Waals surface area contributed by atoms with Crippen LogP contribution in [0.15, 0.2) is 53.6 Å². The van der Waals surface area contributed by atoms with E-state index in [4.69, 9.17) is 16.3 Å². The molecule has 0 aliphatic rings. The Morgan fingerprint density at radius 1 is 1.30 bits per heavy atom. The molecule has 1 aromatic heterocycles. The molecule has 3 aromatic rings. The summed E-state index contributed by atoms with van der Waals surface area (Å²) in [6, 6.07) is 13.8. The van der Waals surface area contributed by atoms with Gasteiger partial charge in [-0.2, -0.15) is 10.2 Å². The number of carbonyl (C=O) groups is 1. The summed E-state index contributed by atoms with van der Waals surface area (Å²) in [5.74, 6) is -0.571. The molecule has 0 bridgehead atoms. The van der Waals surface area contributed by atoms with E-state index in [0.29, 0.717) is 22.0 Å². The number of hydrazone groups is 1. The van der Waals surface area contributed by atoms with Gasteiger partial charge >= 0.3 is 5.69 Å². The number of aromatic nitrogens is 2. The lowest BCUT2D eigenvalue weighted by Crippen LogP contribution is -2.24. The third-order valence-corrected chi connectivity index (χ3v) is 4.47. The molecule has 10 heteroatoms. The normalized spacial score (nSPS) is 10.9. The van der Waals surface area contributed by atoms with Gasteiger partial charge in [-0.3, -0.25) is 14.9 Å². The highest BCUT2D eigenvalue weighted by atomic mass is 35.5. The molecule has 30 heavy (non-hydrogen) atoms. The van der Waals surface area contributed by atoms with Crippen LogP contribution in [0.25, 0.3) is 5.69 Å². The molecular formula is C20H18ClN5O4. The first kappa shape index (κ1) is 21.0. The number of amides is 1. The number of aryl methyl sites for hydroxylation is 2. The lowest BCUT2D eigenvalue weighted by molar-refractivity contribution is -0.385. The number of rotatable bonds is 7. The molecule has 0 spiro atoms. The first-order valence-corrected chi connectivity index (χ1v) is 9.25. The lowest BCUT2D eigenvalue weighted by Gasteiger charge is -2.06. The van der Waals surface area contributed by atoms with Crippen molar-refractivity contribution in [2.24, 2.45) is 5.10 Å². The molecule has 1 heterocycles. The molecule has 9 nitrogen and oxygen atoms in total. The maximum absolute atomic E-state index is 12.0. The van der Waals surface area contributed by atoms with Crippen molar-refractivity contribution in [3.63, 3.8) is 0 Å². The second kappa shape index (κ2) is 9.19. The molecule has 0 fully saturated rings. The van der Waals surface area contributed by atoms with Crippen LogP contribution in [0, 0.1) is 24.0 Å². The molecule has 0 saturated carbocycles. The Morgan fingerprint density at radius 2 is 2.03 bits per heavy atom. The monoisotopic (exact) mass is 427 g/mol. The van der Waals surface area contributed by atoms with Gasteiger partial charge in [0.25, 0.3) is 5.91 Å². The molecule has 154 valence electrons. The van der Waals surface area contributed by atoms with E-state index in [1.54, 1.807) is 24.6 Å². The Balaban J connectivity index is 1.63. The minimum atomic E-state index is -0.578. The van der Waals surface area contributed by atoms with Crippen LogP contribution in [0.3, 0.4) is 0 Å². The van der Waals surface area contributed by atoms with Crippen LogP contribution in [0.2, 0.25) is 5.15 Å². The summed E-state index contributed by atoms with van der Waals surface area (Å²) in [7, 11) is 0. The molecule has 0 atom stereocenters. The van der Waals surface area contributed by atoms with Crippen LogP contribution in [-0.2, 0) is 4.79 Å². The zero-order chi connectivity index (χ0) is 21.7. The number of halogens is 1. The molecular weight excluding hydrogens is 410 g/mol. The summed E-state index contributed by atoms with van der Waals surface area (Å²) in [6.07, 6.45) is 1.39. The van der Waals surface area contributed by atoms with Crippen molar-refractivity contribution in [2.75, 3.05) is 6.61 Å². The maximum atomic E-state index is 12.0. The molecule has 0 radical (unpaired) electrons. The van der Waals surface area contributed by atoms with Crippen molar-refractivity contribution in [2.45, 2.75) is 13.8 Å². The van der Waals surface area contributed by atoms with Crippen molar-refractivity contribution >= 4 is 29.4 Å². The zero-order valence-corrected chi connectivity index (χ0v) is 17.0. The number of nitro benzene ring substituents is 1. The summed E-state index contributed by atoms with van der Waals surface area (Å²) < 4.78 is 6.83. The predicted molar refractivity (Wildman–Crippen MR) is 112 cm³/mol. The third kappa shape index (κ3) is 4.81. The minimum Gasteiger partial charge on any atom is -0.477 e. The molecule has 0 unspecified atom stereocenters. The SMILES string of the molecule is Cc1ccc(OCC(=O)NN=Cc2c(C)nn(-c3ccccc3)c2Cl)c([N+](=O)[O-])c1. The standard InChI is InChI=1S/C20H18ClN5O4/c1-13-8-9-18(17(10-13)26(28)29)30-12-19(27)23-22-11-16-14(2)24-25(20(16)21)15-6-4-3-5-7-15/h3-11H,12H2,1-2H3,(H,23,27). The lowest BCUT2D eigenvalue weighted by atomic mass is 10.2. The topological polar surface area (TPSA) is 112 Å². The summed E-state index contributed by atoms with van der Waals surface area (Å²) in [5.41, 5.74) is 4.79. The molecule has 2 aromatic carbocycles. The van der Waals surface area contributed by atoms with E-state index in [9.17, 15) is 14.9 Å². The fraction of sp³-hybridized carbons (Fsp3) is 0.150. The Kier molecular flexibility index (Phi) is 6.43. The molecule has 3 rings (SSSR count). The van der Waals surface area contributed by atoms with Crippen molar-refractivity contribution < 1.29 is 14.5 Å². The predicted octanol–water partition coefficient (Wildman–Crippen LogP) is 3.58. The molecule has 0 aliphatic heterocycles. The van der Waals surface area contributed by atoms with Gasteiger partial charge in [-0.15, -0.1) is 0 Å². The molecule has 0 saturated heterocycles. The number of nitrogens with one attached hydrogen (secondary N) is 1. The van der Waals surface area contributed by atoms with Crippen LogP contribution >= 0.6 is 11.6 Å². The fourth-order valence-corrected chi connectivity index (χ4v) is 2.96. The first-order valence-electron chi connectivity index (χ1n) is 8.87. The van der Waals surface area contributed by atoms with Crippen molar-refractivity contribution in [1.29, 1.82) is 0 Å². The van der Waals surface area contributed by atoms with Crippen LogP contribution in [0.5, 0.6) is 5.75 Å². The Hall–Kier alpha value is -3.72. The third-order valence-electron chi connectivity index (χ3n) is 4.10. The second-order valence-electron chi connectivity index (χ2n) is 6.35. The van der Waals surface area contributed by atoms with Crippen molar-refractivity contribution in [1.82, 2.24) is 15.2 Å². The molecule has 1 amide bonds. The highest BCUT2D eigenvalue weighted by Crippen LogP contribution is 2.27. The Labute approximate surface area is 177 Å². The van der Waals surface area contributed by atoms with Gasteiger partial charge in [0.05, 0.1) is 28.1 Å². The molecule has 1 N–H and O–H groups in total. The van der Waals surface area contributed by atoms with Crippen LogP contribution in [-0.4, -0.2) is 33.4 Å². The summed E-state index contributed by atoms with van der Waals surface area (Å²) in [4.78, 5) is 22.5. The number of ether oxygens (including phenoxy) is 1. The zero-order valence-electron chi connectivity index (χ0n) is 16.2. The number of hydrogen-bond acceptors (Lipinski definition) is 6. The van der Waals surface area contributed by atoms with E-state index in [0.717, 1.165) is 5.69 Å². The van der Waals surface area contributed by atoms with E-state index in [-0.39, 0.29) is 11.4 Å². The Bertz CT molecular complexity index is 1110. The van der Waals surface area contributed by atoms with Crippen LogP contribution in [0.1, 0.15) is 16.8 Å². The van der Waals surface area contributed by atoms with Crippen LogP contribution < -0.4 is 10.2 Å². The summed E-state index contributed by atoms with van der Waals surface area (Å²) in [6.45, 7) is 3.07. The van der Waals surface area contributed by atoms with E-state index >= 15 is 0 Å². The van der Waals surface area contributed by atoms with Gasteiger partial charge in [0.15, 0.2) is 12.4 Å². The number of hydrogen-bond donors (Lipinski definition) is 1. The maximum Gasteiger partial charge on any atom is 0.311 e. The number of nitro groups is 1.